The van der Waals surface area contributed by atoms with Crippen molar-refractivity contribution in [3.8, 4) is 17.3 Å². The topological polar surface area (TPSA) is 86.8 Å². The Kier molecular flexibility index (Phi) is 7.59. The van der Waals surface area contributed by atoms with E-state index >= 15 is 0 Å². The number of halogens is 1. The van der Waals surface area contributed by atoms with Crippen LogP contribution in [0, 0.1) is 17.1 Å². The summed E-state index contributed by atoms with van der Waals surface area (Å²) in [6, 6.07) is 12.4. The number of piperidine rings is 1. The molecule has 0 N–H and O–H groups in total. The van der Waals surface area contributed by atoms with E-state index in [0.29, 0.717) is 18.8 Å². The lowest BCUT2D eigenvalue weighted by atomic mass is 9.90. The fourth-order valence-electron chi connectivity index (χ4n) is 4.85. The molecule has 1 amide bonds. The van der Waals surface area contributed by atoms with Gasteiger partial charge in [-0.25, -0.2) is 19.2 Å². The number of aromatic nitrogens is 3. The van der Waals surface area contributed by atoms with Crippen molar-refractivity contribution in [2.24, 2.45) is 0 Å². The van der Waals surface area contributed by atoms with E-state index in [1.54, 1.807) is 23.1 Å². The highest BCUT2D eigenvalue weighted by Crippen LogP contribution is 2.36. The van der Waals surface area contributed by atoms with E-state index in [9.17, 15) is 14.4 Å². The summed E-state index contributed by atoms with van der Waals surface area (Å²) in [6.45, 7) is 6.90. The number of pyridine rings is 1. The van der Waals surface area contributed by atoms with Crippen LogP contribution in [0.5, 0.6) is 0 Å². The van der Waals surface area contributed by atoms with Gasteiger partial charge in [0, 0.05) is 43.4 Å². The molecule has 0 atom stereocenters. The number of fused-ring (bicyclic) bond motifs is 1. The molecule has 1 saturated heterocycles. The van der Waals surface area contributed by atoms with Crippen molar-refractivity contribution in [1.29, 1.82) is 5.26 Å². The molecular weight excluding hydrogens is 527 g/mol. The van der Waals surface area contributed by atoms with Crippen LogP contribution in [0.3, 0.4) is 0 Å². The molecule has 0 unspecified atom stereocenters. The molecule has 40 heavy (non-hydrogen) atoms. The van der Waals surface area contributed by atoms with Gasteiger partial charge in [-0.3, -0.25) is 4.40 Å². The van der Waals surface area contributed by atoms with Gasteiger partial charge in [0.25, 0.3) is 0 Å². The average molecular weight is 559 g/mol. The van der Waals surface area contributed by atoms with Gasteiger partial charge in [0.1, 0.15) is 28.6 Å². The third-order valence-electron chi connectivity index (χ3n) is 6.81. The van der Waals surface area contributed by atoms with Gasteiger partial charge in [-0.1, -0.05) is 6.07 Å². The molecule has 206 valence electrons. The number of imidazole rings is 1. The molecule has 0 radical (unpaired) electrons. The summed E-state index contributed by atoms with van der Waals surface area (Å²) in [5.74, 6) is 0.781. The van der Waals surface area contributed by atoms with Crippen molar-refractivity contribution in [1.82, 2.24) is 19.3 Å². The van der Waals surface area contributed by atoms with Crippen LogP contribution in [0.1, 0.15) is 50.8 Å². The molecule has 10 heteroatoms. The summed E-state index contributed by atoms with van der Waals surface area (Å²) in [5, 5.41) is 11.9. The highest BCUT2D eigenvalue weighted by Gasteiger charge is 2.28. The van der Waals surface area contributed by atoms with Gasteiger partial charge < -0.3 is 14.5 Å². The fraction of sp³-hybridized carbons (Fsp3) is 0.333. The number of hydrogen-bond donors (Lipinski definition) is 0. The summed E-state index contributed by atoms with van der Waals surface area (Å²) < 4.78 is 21.0. The molecule has 4 heterocycles. The minimum atomic E-state index is -0.516. The Morgan fingerprint density at radius 1 is 1.18 bits per heavy atom. The van der Waals surface area contributed by atoms with E-state index in [-0.39, 0.29) is 17.8 Å². The maximum absolute atomic E-state index is 13.4. The number of nitriles is 1. The Labute approximate surface area is 237 Å². The maximum Gasteiger partial charge on any atom is 0.410 e. The van der Waals surface area contributed by atoms with E-state index in [4.69, 9.17) is 14.7 Å². The third kappa shape index (κ3) is 5.84. The molecule has 5 rings (SSSR count). The predicted molar refractivity (Wildman–Crippen MR) is 155 cm³/mol. The summed E-state index contributed by atoms with van der Waals surface area (Å²) in [5.41, 5.74) is 3.64. The second-order valence-electron chi connectivity index (χ2n) is 10.8. The summed E-state index contributed by atoms with van der Waals surface area (Å²) in [7, 11) is 1.92. The highest BCUT2D eigenvalue weighted by molar-refractivity contribution is 7.14. The van der Waals surface area contributed by atoms with Crippen LogP contribution in [0.25, 0.3) is 23.0 Å². The number of nitrogens with zero attached hydrogens (tertiary/aromatic N) is 6. The zero-order valence-electron chi connectivity index (χ0n) is 23.0. The first kappa shape index (κ1) is 27.3. The average Bonchev–Trinajstić information content (AvgIpc) is 3.56. The fourth-order valence-corrected chi connectivity index (χ4v) is 5.66. The number of carbonyl (C=O) groups excluding carboxylic acids is 1. The SMILES string of the molecule is CN(c1nc(-c2ccc(F)cc2)cs1)c1c(/C=C/C#N)nc2ccc(C3CCN(C(=O)OC(C)(C)C)CC3)cn12. The molecule has 1 aliphatic rings. The smallest absolute Gasteiger partial charge is 0.410 e. The molecule has 0 spiro atoms. The van der Waals surface area contributed by atoms with Gasteiger partial charge in [-0.05, 0) is 81.5 Å². The van der Waals surface area contributed by atoms with Crippen LogP contribution >= 0.6 is 11.3 Å². The number of carbonyl (C=O) groups is 1. The molecule has 0 bridgehead atoms. The van der Waals surface area contributed by atoms with Crippen molar-refractivity contribution in [3.63, 3.8) is 0 Å². The first-order valence-electron chi connectivity index (χ1n) is 13.1. The maximum atomic E-state index is 13.4. The van der Waals surface area contributed by atoms with Crippen LogP contribution in [0.15, 0.2) is 54.1 Å². The van der Waals surface area contributed by atoms with Gasteiger partial charge in [0.15, 0.2) is 5.13 Å². The Bertz CT molecular complexity index is 1590. The van der Waals surface area contributed by atoms with Gasteiger partial charge in [-0.2, -0.15) is 5.26 Å². The van der Waals surface area contributed by atoms with Gasteiger partial charge in [0.2, 0.25) is 0 Å². The summed E-state index contributed by atoms with van der Waals surface area (Å²) in [4.78, 5) is 25.8. The highest BCUT2D eigenvalue weighted by atomic mass is 32.1. The zero-order valence-corrected chi connectivity index (χ0v) is 23.8. The van der Waals surface area contributed by atoms with Gasteiger partial charge >= 0.3 is 6.09 Å². The quantitative estimate of drug-likeness (QED) is 0.245. The summed E-state index contributed by atoms with van der Waals surface area (Å²) in [6.07, 6.45) is 6.61. The number of amides is 1. The number of anilines is 2. The van der Waals surface area contributed by atoms with E-state index in [1.165, 1.54) is 29.5 Å². The first-order chi connectivity index (χ1) is 19.1. The lowest BCUT2D eigenvalue weighted by Crippen LogP contribution is -2.41. The van der Waals surface area contributed by atoms with Crippen molar-refractivity contribution in [3.05, 3.63) is 71.1 Å². The molecule has 0 aliphatic carbocycles. The molecule has 1 fully saturated rings. The van der Waals surface area contributed by atoms with Crippen LogP contribution in [-0.2, 0) is 4.74 Å². The molecular formula is C30H31FN6O2S. The van der Waals surface area contributed by atoms with E-state index < -0.39 is 5.60 Å². The Balaban J connectivity index is 1.43. The summed E-state index contributed by atoms with van der Waals surface area (Å²) >= 11 is 1.48. The number of thiazole rings is 1. The molecule has 1 aromatic carbocycles. The largest absolute Gasteiger partial charge is 0.444 e. The molecule has 8 nitrogen and oxygen atoms in total. The van der Waals surface area contributed by atoms with Crippen LogP contribution < -0.4 is 4.90 Å². The Hall–Kier alpha value is -4.23. The second-order valence-corrected chi connectivity index (χ2v) is 11.6. The third-order valence-corrected chi connectivity index (χ3v) is 7.73. The normalized spacial score (nSPS) is 14.6. The minimum Gasteiger partial charge on any atom is -0.444 e. The Morgan fingerprint density at radius 2 is 1.90 bits per heavy atom. The van der Waals surface area contributed by atoms with E-state index in [1.807, 2.05) is 48.6 Å². The monoisotopic (exact) mass is 558 g/mol. The standard InChI is InChI=1S/C30H31FN6O2S/c1-30(2,3)39-29(38)36-16-13-20(14-17-36)22-9-12-26-33-24(6-5-15-32)27(37(26)18-22)35(4)28-34-25(19-40-28)21-7-10-23(31)11-8-21/h5-12,18-20H,13-14,16-17H2,1-4H3/b6-5+. The first-order valence-corrected chi connectivity index (χ1v) is 14.0. The predicted octanol–water partition coefficient (Wildman–Crippen LogP) is 7.02. The second kappa shape index (κ2) is 11.1. The van der Waals surface area contributed by atoms with E-state index in [0.717, 1.165) is 46.3 Å². The molecule has 3 aromatic heterocycles. The zero-order chi connectivity index (χ0) is 28.4. The number of ether oxygens (including phenoxy) is 1. The molecule has 0 saturated carbocycles. The van der Waals surface area contributed by atoms with Gasteiger partial charge in [0.05, 0.1) is 11.8 Å². The number of allylic oxidation sites excluding steroid dienone is 1. The van der Waals surface area contributed by atoms with Crippen molar-refractivity contribution in [2.75, 3.05) is 25.0 Å². The van der Waals surface area contributed by atoms with Crippen LogP contribution in [0.2, 0.25) is 0 Å². The molecule has 1 aliphatic heterocycles. The number of benzene rings is 1. The van der Waals surface area contributed by atoms with Crippen molar-refractivity contribution in [2.45, 2.75) is 45.1 Å². The van der Waals surface area contributed by atoms with Crippen molar-refractivity contribution < 1.29 is 13.9 Å². The number of hydrogen-bond acceptors (Lipinski definition) is 7. The van der Waals surface area contributed by atoms with Gasteiger partial charge in [-0.15, -0.1) is 11.3 Å². The number of rotatable bonds is 5. The lowest BCUT2D eigenvalue weighted by molar-refractivity contribution is 0.0205. The minimum absolute atomic E-state index is 0.266. The van der Waals surface area contributed by atoms with Crippen LogP contribution in [-0.4, -0.2) is 51.1 Å². The van der Waals surface area contributed by atoms with Crippen LogP contribution in [0.4, 0.5) is 20.1 Å². The Morgan fingerprint density at radius 3 is 2.58 bits per heavy atom. The van der Waals surface area contributed by atoms with E-state index in [2.05, 4.69) is 18.3 Å². The lowest BCUT2D eigenvalue weighted by Gasteiger charge is -2.33. The van der Waals surface area contributed by atoms with Crippen molar-refractivity contribution >= 4 is 40.1 Å². The number of likely N-dealkylation sites (tertiary alicyclic amines) is 1. The molecule has 4 aromatic rings.